The predicted molar refractivity (Wildman–Crippen MR) is 90.0 cm³/mol. The van der Waals surface area contributed by atoms with Crippen LogP contribution in [-0.2, 0) is 5.41 Å². The number of ether oxygens (including phenoxy) is 1. The molecule has 0 saturated heterocycles. The number of benzene rings is 1. The van der Waals surface area contributed by atoms with E-state index in [1.54, 1.807) is 7.11 Å². The van der Waals surface area contributed by atoms with E-state index >= 15 is 0 Å². The van der Waals surface area contributed by atoms with E-state index in [9.17, 15) is 0 Å². The maximum Gasteiger partial charge on any atom is 0.122 e. The van der Waals surface area contributed by atoms with Crippen LogP contribution < -0.4 is 10.1 Å². The third-order valence-corrected chi connectivity index (χ3v) is 4.88. The molecule has 1 aromatic carbocycles. The van der Waals surface area contributed by atoms with Crippen LogP contribution >= 0.6 is 0 Å². The fraction of sp³-hybridized carbons (Fsp3) is 0.684. The molecule has 1 fully saturated rings. The first-order valence-corrected chi connectivity index (χ1v) is 8.16. The number of methoxy groups -OCH3 is 1. The molecule has 1 aliphatic rings. The second-order valence-electron chi connectivity index (χ2n) is 8.00. The quantitative estimate of drug-likeness (QED) is 0.868. The minimum atomic E-state index is 0.151. The molecule has 0 aliphatic heterocycles. The number of rotatable bonds is 5. The van der Waals surface area contributed by atoms with Crippen LogP contribution in [0.3, 0.4) is 0 Å². The average Bonchev–Trinajstić information content (AvgIpc) is 2.36. The van der Waals surface area contributed by atoms with Crippen LogP contribution in [0.5, 0.6) is 5.75 Å². The molecule has 1 aliphatic carbocycles. The lowest BCUT2D eigenvalue weighted by molar-refractivity contribution is 0.0889. The minimum Gasteiger partial charge on any atom is -0.496 e. The Hall–Kier alpha value is -1.02. The van der Waals surface area contributed by atoms with Crippen molar-refractivity contribution in [2.24, 2.45) is 11.8 Å². The zero-order valence-corrected chi connectivity index (χ0v) is 14.5. The van der Waals surface area contributed by atoms with E-state index in [0.29, 0.717) is 0 Å². The van der Waals surface area contributed by atoms with E-state index in [0.717, 1.165) is 24.1 Å². The van der Waals surface area contributed by atoms with Gasteiger partial charge in [0.2, 0.25) is 0 Å². The molecule has 0 amide bonds. The van der Waals surface area contributed by atoms with Crippen molar-refractivity contribution in [3.63, 3.8) is 0 Å². The summed E-state index contributed by atoms with van der Waals surface area (Å²) in [6.07, 6.45) is 2.52. The van der Waals surface area contributed by atoms with Crippen LogP contribution in [0.1, 0.15) is 53.0 Å². The highest BCUT2D eigenvalue weighted by Crippen LogP contribution is 2.52. The Morgan fingerprint density at radius 2 is 1.86 bits per heavy atom. The largest absolute Gasteiger partial charge is 0.496 e. The molecule has 0 radical (unpaired) electrons. The van der Waals surface area contributed by atoms with Crippen molar-refractivity contribution in [3.05, 3.63) is 29.8 Å². The maximum atomic E-state index is 5.63. The van der Waals surface area contributed by atoms with Crippen molar-refractivity contribution < 1.29 is 4.74 Å². The van der Waals surface area contributed by atoms with Crippen molar-refractivity contribution in [2.45, 2.75) is 58.4 Å². The van der Waals surface area contributed by atoms with E-state index in [4.69, 9.17) is 4.74 Å². The minimum absolute atomic E-state index is 0.151. The lowest BCUT2D eigenvalue weighted by Gasteiger charge is -2.51. The van der Waals surface area contributed by atoms with E-state index in [1.807, 2.05) is 0 Å². The summed E-state index contributed by atoms with van der Waals surface area (Å²) in [6, 6.07) is 8.54. The van der Waals surface area contributed by atoms with Gasteiger partial charge in [-0.2, -0.15) is 0 Å². The summed E-state index contributed by atoms with van der Waals surface area (Å²) in [5, 5.41) is 3.72. The standard InChI is InChI=1S/C19H31NO/c1-14(2)15-11-19(12-15,13-20-18(3,4)5)16-9-7-8-10-17(16)21-6/h7-10,14-15,20H,11-13H2,1-6H3. The number of para-hydroxylation sites is 1. The molecule has 0 heterocycles. The summed E-state index contributed by atoms with van der Waals surface area (Å²) < 4.78 is 5.63. The first-order valence-electron chi connectivity index (χ1n) is 8.16. The van der Waals surface area contributed by atoms with Gasteiger partial charge in [0.15, 0.2) is 0 Å². The van der Waals surface area contributed by atoms with Gasteiger partial charge in [0.05, 0.1) is 7.11 Å². The highest BCUT2D eigenvalue weighted by molar-refractivity contribution is 5.42. The van der Waals surface area contributed by atoms with Crippen molar-refractivity contribution >= 4 is 0 Å². The van der Waals surface area contributed by atoms with Crippen molar-refractivity contribution in [1.82, 2.24) is 5.32 Å². The summed E-state index contributed by atoms with van der Waals surface area (Å²) in [4.78, 5) is 0. The van der Waals surface area contributed by atoms with Crippen LogP contribution in [0.15, 0.2) is 24.3 Å². The lowest BCUT2D eigenvalue weighted by Crippen LogP contribution is -2.53. The van der Waals surface area contributed by atoms with Gasteiger partial charge in [0, 0.05) is 23.1 Å². The van der Waals surface area contributed by atoms with Gasteiger partial charge in [-0.1, -0.05) is 32.0 Å². The third-order valence-electron chi connectivity index (χ3n) is 4.88. The zero-order chi connectivity index (χ0) is 15.7. The van der Waals surface area contributed by atoms with E-state index in [2.05, 4.69) is 64.2 Å². The van der Waals surface area contributed by atoms with Gasteiger partial charge in [-0.25, -0.2) is 0 Å². The highest BCUT2D eigenvalue weighted by atomic mass is 16.5. The molecule has 0 atom stereocenters. The molecular formula is C19H31NO. The summed E-state index contributed by atoms with van der Waals surface area (Å²) in [7, 11) is 1.78. The molecule has 2 heteroatoms. The summed E-state index contributed by atoms with van der Waals surface area (Å²) in [5.41, 5.74) is 1.76. The molecule has 0 aromatic heterocycles. The van der Waals surface area contributed by atoms with E-state index < -0.39 is 0 Å². The first-order chi connectivity index (χ1) is 9.77. The Bertz CT molecular complexity index is 467. The van der Waals surface area contributed by atoms with Gasteiger partial charge in [-0.3, -0.25) is 0 Å². The molecule has 0 spiro atoms. The van der Waals surface area contributed by atoms with Gasteiger partial charge in [-0.05, 0) is 51.5 Å². The highest BCUT2D eigenvalue weighted by Gasteiger charge is 2.47. The first kappa shape index (κ1) is 16.4. The Labute approximate surface area is 130 Å². The van der Waals surface area contributed by atoms with Crippen molar-refractivity contribution in [3.8, 4) is 5.75 Å². The van der Waals surface area contributed by atoms with Gasteiger partial charge in [0.1, 0.15) is 5.75 Å². The fourth-order valence-electron chi connectivity index (χ4n) is 3.39. The van der Waals surface area contributed by atoms with Crippen molar-refractivity contribution in [1.29, 1.82) is 0 Å². The third kappa shape index (κ3) is 3.60. The van der Waals surface area contributed by atoms with Gasteiger partial charge >= 0.3 is 0 Å². The van der Waals surface area contributed by atoms with Crippen LogP contribution in [0.2, 0.25) is 0 Å². The van der Waals surface area contributed by atoms with Crippen LogP contribution in [-0.4, -0.2) is 19.2 Å². The average molecular weight is 289 g/mol. The van der Waals surface area contributed by atoms with Crippen molar-refractivity contribution in [2.75, 3.05) is 13.7 Å². The van der Waals surface area contributed by atoms with Gasteiger partial charge < -0.3 is 10.1 Å². The summed E-state index contributed by atoms with van der Waals surface area (Å²) in [6.45, 7) is 12.4. The molecular weight excluding hydrogens is 258 g/mol. The van der Waals surface area contributed by atoms with Gasteiger partial charge in [-0.15, -0.1) is 0 Å². The molecule has 21 heavy (non-hydrogen) atoms. The summed E-state index contributed by atoms with van der Waals surface area (Å²) in [5.74, 6) is 2.63. The van der Waals surface area contributed by atoms with Crippen LogP contribution in [0.4, 0.5) is 0 Å². The Kier molecular flexibility index (Phi) is 4.67. The van der Waals surface area contributed by atoms with Crippen LogP contribution in [0.25, 0.3) is 0 Å². The number of nitrogens with one attached hydrogen (secondary N) is 1. The molecule has 1 aromatic rings. The normalized spacial score (nSPS) is 25.8. The lowest BCUT2D eigenvalue weighted by atomic mass is 9.55. The van der Waals surface area contributed by atoms with Crippen LogP contribution in [0, 0.1) is 11.8 Å². The second-order valence-corrected chi connectivity index (χ2v) is 8.00. The Morgan fingerprint density at radius 1 is 1.24 bits per heavy atom. The zero-order valence-electron chi connectivity index (χ0n) is 14.5. The SMILES string of the molecule is COc1ccccc1C1(CNC(C)(C)C)CC(C(C)C)C1. The number of hydrogen-bond acceptors (Lipinski definition) is 2. The molecule has 0 unspecified atom stereocenters. The predicted octanol–water partition coefficient (Wildman–Crippen LogP) is 4.39. The maximum absolute atomic E-state index is 5.63. The molecule has 0 bridgehead atoms. The molecule has 2 nitrogen and oxygen atoms in total. The molecule has 1 saturated carbocycles. The molecule has 1 N–H and O–H groups in total. The molecule has 118 valence electrons. The molecule has 2 rings (SSSR count). The van der Waals surface area contributed by atoms with E-state index in [-0.39, 0.29) is 11.0 Å². The fourth-order valence-corrected chi connectivity index (χ4v) is 3.39. The topological polar surface area (TPSA) is 21.3 Å². The Morgan fingerprint density at radius 3 is 2.38 bits per heavy atom. The smallest absolute Gasteiger partial charge is 0.122 e. The monoisotopic (exact) mass is 289 g/mol. The number of hydrogen-bond donors (Lipinski definition) is 1. The second kappa shape index (κ2) is 6.00. The van der Waals surface area contributed by atoms with E-state index in [1.165, 1.54) is 18.4 Å². The summed E-state index contributed by atoms with van der Waals surface area (Å²) >= 11 is 0. The Balaban J connectivity index is 2.25. The van der Waals surface area contributed by atoms with Gasteiger partial charge in [0.25, 0.3) is 0 Å².